The van der Waals surface area contributed by atoms with E-state index in [9.17, 15) is 9.59 Å². The highest BCUT2D eigenvalue weighted by atomic mass is 35.5. The Morgan fingerprint density at radius 1 is 0.929 bits per heavy atom. The number of hydrogen-bond donors (Lipinski definition) is 1. The van der Waals surface area contributed by atoms with E-state index < -0.39 is 18.5 Å². The van der Waals surface area contributed by atoms with E-state index in [1.807, 2.05) is 65.6 Å². The summed E-state index contributed by atoms with van der Waals surface area (Å²) in [5.74, 6) is -0.665. The number of aromatic nitrogens is 1. The molecule has 0 aliphatic heterocycles. The molecule has 6 nitrogen and oxygen atoms in total. The first kappa shape index (κ1) is 19.4. The Bertz CT molecular complexity index is 879. The normalized spacial score (nSPS) is 10.2. The van der Waals surface area contributed by atoms with Gasteiger partial charge in [0.05, 0.1) is 5.02 Å². The minimum Gasteiger partial charge on any atom is -0.454 e. The van der Waals surface area contributed by atoms with Crippen LogP contribution in [0.1, 0.15) is 0 Å². The molecule has 2 aromatic carbocycles. The minimum atomic E-state index is -0.521. The molecule has 0 aliphatic carbocycles. The lowest BCUT2D eigenvalue weighted by atomic mass is 10.2. The number of benzene rings is 2. The van der Waals surface area contributed by atoms with Gasteiger partial charge in [-0.15, -0.1) is 0 Å². The smallest absolute Gasteiger partial charge is 0.326 e. The molecule has 0 fully saturated rings. The average molecular weight is 396 g/mol. The van der Waals surface area contributed by atoms with Gasteiger partial charge in [-0.1, -0.05) is 48.0 Å². The maximum atomic E-state index is 12.3. The highest BCUT2D eigenvalue weighted by Crippen LogP contribution is 2.24. The maximum absolute atomic E-state index is 12.3. The summed E-state index contributed by atoms with van der Waals surface area (Å²) in [6.45, 7) is -0.430. The van der Waals surface area contributed by atoms with Crippen molar-refractivity contribution < 1.29 is 14.3 Å². The molecule has 0 bridgehead atoms. The number of pyridine rings is 1. The van der Waals surface area contributed by atoms with Gasteiger partial charge >= 0.3 is 5.97 Å². The van der Waals surface area contributed by atoms with Crippen molar-refractivity contribution in [1.29, 1.82) is 0 Å². The van der Waals surface area contributed by atoms with E-state index in [-0.39, 0.29) is 6.54 Å². The molecule has 0 aliphatic rings. The van der Waals surface area contributed by atoms with E-state index in [4.69, 9.17) is 16.3 Å². The van der Waals surface area contributed by atoms with Crippen molar-refractivity contribution >= 4 is 40.7 Å². The van der Waals surface area contributed by atoms with Gasteiger partial charge in [0.1, 0.15) is 12.4 Å². The summed E-state index contributed by atoms with van der Waals surface area (Å²) in [5, 5.41) is 3.01. The van der Waals surface area contributed by atoms with Gasteiger partial charge in [0.2, 0.25) is 0 Å². The predicted molar refractivity (Wildman–Crippen MR) is 109 cm³/mol. The van der Waals surface area contributed by atoms with Gasteiger partial charge in [-0.05, 0) is 36.4 Å². The summed E-state index contributed by atoms with van der Waals surface area (Å²) < 4.78 is 5.13. The first-order valence-electron chi connectivity index (χ1n) is 8.56. The quantitative estimate of drug-likeness (QED) is 0.611. The molecule has 1 heterocycles. The Labute approximate surface area is 167 Å². The fourth-order valence-corrected chi connectivity index (χ4v) is 2.61. The predicted octanol–water partition coefficient (Wildman–Crippen LogP) is 4.06. The number of carbonyl (C=O) groups is 2. The first-order chi connectivity index (χ1) is 13.6. The summed E-state index contributed by atoms with van der Waals surface area (Å²) in [6, 6.07) is 22.2. The fourth-order valence-electron chi connectivity index (χ4n) is 2.50. The molecule has 142 valence electrons. The van der Waals surface area contributed by atoms with Gasteiger partial charge in [-0.3, -0.25) is 9.59 Å². The minimum absolute atomic E-state index is 0.0273. The Morgan fingerprint density at radius 2 is 1.54 bits per heavy atom. The van der Waals surface area contributed by atoms with Gasteiger partial charge in [0.25, 0.3) is 5.91 Å². The number of rotatable bonds is 7. The molecule has 0 saturated heterocycles. The third kappa shape index (κ3) is 5.56. The zero-order valence-electron chi connectivity index (χ0n) is 14.9. The molecule has 0 spiro atoms. The monoisotopic (exact) mass is 395 g/mol. The van der Waals surface area contributed by atoms with E-state index in [0.717, 1.165) is 11.4 Å². The standard InChI is InChI=1S/C21H18ClN3O3/c22-16-11-12-19(23-13-16)24-20(26)15-28-21(27)14-25(17-7-3-1-4-8-17)18-9-5-2-6-10-18/h1-13H,14-15H2,(H,23,24,26). The van der Waals surface area contributed by atoms with Gasteiger partial charge in [-0.25, -0.2) is 4.98 Å². The zero-order valence-corrected chi connectivity index (χ0v) is 15.7. The second-order valence-corrected chi connectivity index (χ2v) is 6.26. The van der Waals surface area contributed by atoms with Gasteiger partial charge in [0, 0.05) is 17.6 Å². The topological polar surface area (TPSA) is 71.5 Å². The lowest BCUT2D eigenvalue weighted by Crippen LogP contribution is -2.29. The van der Waals surface area contributed by atoms with E-state index >= 15 is 0 Å². The number of para-hydroxylation sites is 2. The van der Waals surface area contributed by atoms with Crippen LogP contribution in [0.5, 0.6) is 0 Å². The van der Waals surface area contributed by atoms with Crippen molar-refractivity contribution in [2.75, 3.05) is 23.4 Å². The van der Waals surface area contributed by atoms with Crippen LogP contribution in [0.4, 0.5) is 17.2 Å². The van der Waals surface area contributed by atoms with Gasteiger partial charge in [-0.2, -0.15) is 0 Å². The molecular weight excluding hydrogens is 378 g/mol. The van der Waals surface area contributed by atoms with Crippen molar-refractivity contribution in [2.45, 2.75) is 0 Å². The molecule has 0 radical (unpaired) electrons. The molecular formula is C21H18ClN3O3. The second-order valence-electron chi connectivity index (χ2n) is 5.83. The summed E-state index contributed by atoms with van der Waals surface area (Å²) >= 11 is 5.75. The van der Waals surface area contributed by atoms with Crippen LogP contribution in [-0.4, -0.2) is 30.0 Å². The van der Waals surface area contributed by atoms with E-state index in [2.05, 4.69) is 10.3 Å². The molecule has 1 aromatic heterocycles. The van der Waals surface area contributed by atoms with Crippen LogP contribution in [0.15, 0.2) is 79.0 Å². The third-order valence-corrected chi connectivity index (χ3v) is 4.01. The molecule has 3 aromatic rings. The number of nitrogens with zero attached hydrogens (tertiary/aromatic N) is 2. The number of amides is 1. The van der Waals surface area contributed by atoms with E-state index in [1.165, 1.54) is 6.20 Å². The number of hydrogen-bond acceptors (Lipinski definition) is 5. The lowest BCUT2D eigenvalue weighted by molar-refractivity contribution is -0.145. The molecule has 1 amide bonds. The number of carbonyl (C=O) groups excluding carboxylic acids is 2. The highest BCUT2D eigenvalue weighted by Gasteiger charge is 2.16. The number of halogens is 1. The number of anilines is 3. The molecule has 7 heteroatoms. The van der Waals surface area contributed by atoms with E-state index in [0.29, 0.717) is 10.8 Å². The van der Waals surface area contributed by atoms with Crippen molar-refractivity contribution in [3.63, 3.8) is 0 Å². The molecule has 1 N–H and O–H groups in total. The van der Waals surface area contributed by atoms with Crippen molar-refractivity contribution in [2.24, 2.45) is 0 Å². The molecule has 0 atom stereocenters. The van der Waals surface area contributed by atoms with Crippen molar-refractivity contribution in [1.82, 2.24) is 4.98 Å². The van der Waals surface area contributed by atoms with Crippen LogP contribution in [0.3, 0.4) is 0 Å². The van der Waals surface area contributed by atoms with E-state index in [1.54, 1.807) is 12.1 Å². The van der Waals surface area contributed by atoms with Crippen LogP contribution in [0, 0.1) is 0 Å². The Morgan fingerprint density at radius 3 is 2.07 bits per heavy atom. The number of nitrogens with one attached hydrogen (secondary N) is 1. The summed E-state index contributed by atoms with van der Waals surface area (Å²) in [4.78, 5) is 30.1. The summed E-state index contributed by atoms with van der Waals surface area (Å²) in [6.07, 6.45) is 1.42. The van der Waals surface area contributed by atoms with Crippen LogP contribution in [-0.2, 0) is 14.3 Å². The average Bonchev–Trinajstić information content (AvgIpc) is 2.73. The van der Waals surface area contributed by atoms with Crippen LogP contribution < -0.4 is 10.2 Å². The summed E-state index contributed by atoms with van der Waals surface area (Å²) in [7, 11) is 0. The van der Waals surface area contributed by atoms with Gasteiger partial charge < -0.3 is 15.0 Å². The molecule has 3 rings (SSSR count). The second kappa shape index (κ2) is 9.53. The third-order valence-electron chi connectivity index (χ3n) is 3.78. The van der Waals surface area contributed by atoms with Crippen LogP contribution in [0.25, 0.3) is 0 Å². The van der Waals surface area contributed by atoms with Crippen LogP contribution >= 0.6 is 11.6 Å². The fraction of sp³-hybridized carbons (Fsp3) is 0.0952. The largest absolute Gasteiger partial charge is 0.454 e. The van der Waals surface area contributed by atoms with Gasteiger partial charge in [0.15, 0.2) is 6.61 Å². The van der Waals surface area contributed by atoms with Crippen molar-refractivity contribution in [3.8, 4) is 0 Å². The molecule has 28 heavy (non-hydrogen) atoms. The summed E-state index contributed by atoms with van der Waals surface area (Å²) in [5.41, 5.74) is 1.70. The Hall–Kier alpha value is -3.38. The van der Waals surface area contributed by atoms with Crippen molar-refractivity contribution in [3.05, 3.63) is 84.0 Å². The van der Waals surface area contributed by atoms with Crippen LogP contribution in [0.2, 0.25) is 5.02 Å². The maximum Gasteiger partial charge on any atom is 0.326 e. The lowest BCUT2D eigenvalue weighted by Gasteiger charge is -2.24. The number of esters is 1. The highest BCUT2D eigenvalue weighted by molar-refractivity contribution is 6.30. The number of ether oxygens (including phenoxy) is 1. The SMILES string of the molecule is O=C(COC(=O)CN(c1ccccc1)c1ccccc1)Nc1ccc(Cl)cn1. The first-order valence-corrected chi connectivity index (χ1v) is 8.94. The zero-order chi connectivity index (χ0) is 19.8. The molecule has 0 saturated carbocycles. The Kier molecular flexibility index (Phi) is 6.59. The molecule has 0 unspecified atom stereocenters. The Balaban J connectivity index is 1.59.